The number of hydrogen-bond donors (Lipinski definition) is 0. The highest BCUT2D eigenvalue weighted by Gasteiger charge is 2.21. The maximum atomic E-state index is 11.1. The Balaban J connectivity index is 3.10. The van der Waals surface area contributed by atoms with Crippen LogP contribution in [0.5, 0.6) is 0 Å². The Kier molecular flexibility index (Phi) is 3.30. The van der Waals surface area contributed by atoms with Gasteiger partial charge in [0, 0.05) is 6.26 Å². The Hall–Kier alpha value is -1.57. The minimum Gasteiger partial charge on any atom is -0.224 e. The number of nitrogens with zero attached hydrogens (tertiary/aromatic N) is 2. The third-order valence-corrected chi connectivity index (χ3v) is 2.93. The zero-order valence-electron chi connectivity index (χ0n) is 7.82. The van der Waals surface area contributed by atoms with Crippen LogP contribution in [0.1, 0.15) is 0 Å². The largest absolute Gasteiger partial charge is 0.548 e. The van der Waals surface area contributed by atoms with Gasteiger partial charge in [-0.1, -0.05) is 22.3 Å². The molecule has 0 atom stereocenters. The van der Waals surface area contributed by atoms with Gasteiger partial charge in [-0.25, -0.2) is 8.42 Å². The van der Waals surface area contributed by atoms with Crippen LogP contribution in [-0.2, 0) is 9.84 Å². The van der Waals surface area contributed by atoms with Gasteiger partial charge in [-0.3, -0.25) is 0 Å². The molecule has 15 heavy (non-hydrogen) atoms. The minimum atomic E-state index is -3.28. The Bertz CT molecular complexity index is 462. The fourth-order valence-electron chi connectivity index (χ4n) is 1.03. The molecule has 0 aliphatic heterocycles. The molecule has 0 bridgehead atoms. The lowest BCUT2D eigenvalue weighted by Crippen LogP contribution is -2.25. The molecular formula is C7H7BN2O4S. The van der Waals surface area contributed by atoms with Crippen molar-refractivity contribution >= 4 is 22.3 Å². The predicted molar refractivity (Wildman–Crippen MR) is 56.5 cm³/mol. The molecule has 1 aromatic carbocycles. The van der Waals surface area contributed by atoms with Crippen LogP contribution in [0.25, 0.3) is 0 Å². The first-order chi connectivity index (χ1) is 6.99. The van der Waals surface area contributed by atoms with E-state index in [1.807, 2.05) is 0 Å². The highest BCUT2D eigenvalue weighted by atomic mass is 32.2. The Morgan fingerprint density at radius 3 is 1.87 bits per heavy atom. The molecule has 0 spiro atoms. The third-order valence-electron chi connectivity index (χ3n) is 1.81. The molecule has 6 nitrogen and oxygen atoms in total. The van der Waals surface area contributed by atoms with E-state index in [-0.39, 0.29) is 10.4 Å². The average molecular weight is 226 g/mol. The Morgan fingerprint density at radius 1 is 1.07 bits per heavy atom. The summed E-state index contributed by atoms with van der Waals surface area (Å²) in [7, 11) is -3.28. The molecule has 8 heteroatoms. The van der Waals surface area contributed by atoms with E-state index >= 15 is 0 Å². The van der Waals surface area contributed by atoms with Gasteiger partial charge in [0.15, 0.2) is 9.84 Å². The second kappa shape index (κ2) is 4.30. The molecule has 78 valence electrons. The monoisotopic (exact) mass is 226 g/mol. The summed E-state index contributed by atoms with van der Waals surface area (Å²) in [4.78, 5) is 20.4. The molecule has 1 rings (SSSR count). The van der Waals surface area contributed by atoms with Gasteiger partial charge in [0.1, 0.15) is 0 Å². The molecule has 0 aliphatic carbocycles. The van der Waals surface area contributed by atoms with Crippen molar-refractivity contribution in [2.75, 3.05) is 6.26 Å². The molecule has 0 N–H and O–H groups in total. The molecule has 0 aliphatic rings. The normalized spacial score (nSPS) is 10.7. The maximum Gasteiger partial charge on any atom is 0.548 e. The molecule has 0 saturated heterocycles. The summed E-state index contributed by atoms with van der Waals surface area (Å²) in [6, 6.07) is 5.27. The lowest BCUT2D eigenvalue weighted by molar-refractivity contribution is 0.602. The van der Waals surface area contributed by atoms with Crippen molar-refractivity contribution < 1.29 is 8.42 Å². The minimum absolute atomic E-state index is 0.113. The summed E-state index contributed by atoms with van der Waals surface area (Å²) < 4.78 is 22.2. The van der Waals surface area contributed by atoms with Crippen molar-refractivity contribution in [2.45, 2.75) is 4.90 Å². The number of hydrogen-bond acceptors (Lipinski definition) is 6. The fraction of sp³-hybridized carbons (Fsp3) is 0.143. The van der Waals surface area contributed by atoms with Crippen molar-refractivity contribution in [2.24, 2.45) is 10.2 Å². The average Bonchev–Trinajstić information content (AvgIpc) is 2.19. The number of benzene rings is 1. The summed E-state index contributed by atoms with van der Waals surface area (Å²) in [5, 5.41) is 4.98. The fourth-order valence-corrected chi connectivity index (χ4v) is 1.66. The van der Waals surface area contributed by atoms with Crippen LogP contribution in [-0.4, -0.2) is 21.7 Å². The van der Waals surface area contributed by atoms with Gasteiger partial charge < -0.3 is 0 Å². The van der Waals surface area contributed by atoms with Gasteiger partial charge in [0.25, 0.3) is 0 Å². The summed E-state index contributed by atoms with van der Waals surface area (Å²) in [5.41, 5.74) is 0.271. The van der Waals surface area contributed by atoms with Gasteiger partial charge in [-0.2, -0.15) is 9.81 Å². The van der Waals surface area contributed by atoms with Gasteiger partial charge in [-0.05, 0) is 17.6 Å². The zero-order chi connectivity index (χ0) is 11.5. The first-order valence-electron chi connectivity index (χ1n) is 3.94. The highest BCUT2D eigenvalue weighted by Crippen LogP contribution is 2.06. The lowest BCUT2D eigenvalue weighted by atomic mass is 9.71. The quantitative estimate of drug-likeness (QED) is 0.545. The lowest BCUT2D eigenvalue weighted by Gasteiger charge is -1.99. The smallest absolute Gasteiger partial charge is 0.224 e. The number of rotatable bonds is 4. The summed E-state index contributed by atoms with van der Waals surface area (Å²) in [5.74, 6) is 0. The molecule has 1 aromatic rings. The summed E-state index contributed by atoms with van der Waals surface area (Å²) in [6.07, 6.45) is 1.06. The van der Waals surface area contributed by atoms with E-state index in [1.54, 1.807) is 0 Å². The van der Waals surface area contributed by atoms with Crippen LogP contribution in [0.15, 0.2) is 39.3 Å². The van der Waals surface area contributed by atoms with E-state index in [2.05, 4.69) is 10.2 Å². The molecule has 0 amide bonds. The maximum absolute atomic E-state index is 11.1. The van der Waals surface area contributed by atoms with E-state index in [1.165, 1.54) is 24.3 Å². The predicted octanol–water partition coefficient (Wildman–Crippen LogP) is 0.318. The van der Waals surface area contributed by atoms with Crippen molar-refractivity contribution in [3.05, 3.63) is 34.1 Å². The summed E-state index contributed by atoms with van der Waals surface area (Å²) in [6.45, 7) is -1.32. The SMILES string of the molecule is CS(=O)(=O)c1ccc(B(N=O)N=O)cc1. The van der Waals surface area contributed by atoms with Crippen LogP contribution in [0.3, 0.4) is 0 Å². The third kappa shape index (κ3) is 2.69. The van der Waals surface area contributed by atoms with Crippen LogP contribution in [0.4, 0.5) is 0 Å². The van der Waals surface area contributed by atoms with Crippen molar-refractivity contribution in [3.63, 3.8) is 0 Å². The zero-order valence-corrected chi connectivity index (χ0v) is 8.64. The van der Waals surface area contributed by atoms with E-state index in [0.717, 1.165) is 6.26 Å². The van der Waals surface area contributed by atoms with Crippen LogP contribution in [0, 0.1) is 9.81 Å². The van der Waals surface area contributed by atoms with Gasteiger partial charge in [0.05, 0.1) is 4.90 Å². The number of sulfone groups is 1. The van der Waals surface area contributed by atoms with Crippen molar-refractivity contribution in [1.29, 1.82) is 0 Å². The second-order valence-corrected chi connectivity index (χ2v) is 4.94. The van der Waals surface area contributed by atoms with Crippen molar-refractivity contribution in [3.8, 4) is 0 Å². The van der Waals surface area contributed by atoms with Crippen LogP contribution < -0.4 is 5.46 Å². The summed E-state index contributed by atoms with van der Waals surface area (Å²) >= 11 is 0. The first kappa shape index (κ1) is 11.5. The molecular weight excluding hydrogens is 219 g/mol. The van der Waals surface area contributed by atoms with Gasteiger partial charge in [-0.15, -0.1) is 0 Å². The number of nitroso groups, excluding NO2 is 2. The van der Waals surface area contributed by atoms with E-state index in [9.17, 15) is 18.2 Å². The molecule has 0 aromatic heterocycles. The standard InChI is InChI=1S/C7H7BN2O4S/c1-15(13,14)7-4-2-6(3-5-7)8(9-11)10-12/h2-5H,1H3. The Labute approximate surface area is 86.7 Å². The molecule has 0 saturated carbocycles. The second-order valence-electron chi connectivity index (χ2n) is 2.93. The molecule has 0 fully saturated rings. The molecule has 0 heterocycles. The van der Waals surface area contributed by atoms with Crippen molar-refractivity contribution in [1.82, 2.24) is 0 Å². The molecule has 0 unspecified atom stereocenters. The van der Waals surface area contributed by atoms with Crippen LogP contribution >= 0.6 is 0 Å². The van der Waals surface area contributed by atoms with E-state index in [0.29, 0.717) is 0 Å². The molecule has 0 radical (unpaired) electrons. The van der Waals surface area contributed by atoms with E-state index < -0.39 is 16.8 Å². The topological polar surface area (TPSA) is 93.0 Å². The van der Waals surface area contributed by atoms with Gasteiger partial charge >= 0.3 is 6.98 Å². The Morgan fingerprint density at radius 2 is 1.53 bits per heavy atom. The first-order valence-corrected chi connectivity index (χ1v) is 5.83. The van der Waals surface area contributed by atoms with Gasteiger partial charge in [0.2, 0.25) is 0 Å². The van der Waals surface area contributed by atoms with Crippen LogP contribution in [0.2, 0.25) is 0 Å². The van der Waals surface area contributed by atoms with E-state index in [4.69, 9.17) is 0 Å². The highest BCUT2D eigenvalue weighted by molar-refractivity contribution is 7.90.